The molecule has 8 heteroatoms. The van der Waals surface area contributed by atoms with Crippen LogP contribution in [-0.2, 0) is 11.2 Å². The summed E-state index contributed by atoms with van der Waals surface area (Å²) < 4.78 is 23.3. The number of benzene rings is 2. The fourth-order valence-electron chi connectivity index (χ4n) is 5.42. The van der Waals surface area contributed by atoms with Gasteiger partial charge in [-0.3, -0.25) is 0 Å². The summed E-state index contributed by atoms with van der Waals surface area (Å²) in [6.45, 7) is -0.0692. The van der Waals surface area contributed by atoms with Gasteiger partial charge in [0.05, 0.1) is 38.6 Å². The topological polar surface area (TPSA) is 118 Å². The lowest BCUT2D eigenvalue weighted by Crippen LogP contribution is -2.40. The van der Waals surface area contributed by atoms with E-state index in [4.69, 9.17) is 18.9 Å². The molecule has 2 aromatic rings. The number of aromatic hydroxyl groups is 2. The molecule has 198 valence electrons. The minimum atomic E-state index is -0.658. The smallest absolute Gasteiger partial charge is 0.200 e. The van der Waals surface area contributed by atoms with E-state index in [0.29, 0.717) is 42.9 Å². The van der Waals surface area contributed by atoms with Crippen LogP contribution in [0.25, 0.3) is 0 Å². The lowest BCUT2D eigenvalue weighted by molar-refractivity contribution is -0.144. The Kier molecular flexibility index (Phi) is 8.82. The van der Waals surface area contributed by atoms with Gasteiger partial charge in [0.15, 0.2) is 23.0 Å². The van der Waals surface area contributed by atoms with Gasteiger partial charge < -0.3 is 39.4 Å². The van der Waals surface area contributed by atoms with Crippen molar-refractivity contribution in [2.75, 3.05) is 20.8 Å². The van der Waals surface area contributed by atoms with Crippen molar-refractivity contribution in [3.05, 3.63) is 41.5 Å². The summed E-state index contributed by atoms with van der Waals surface area (Å²) in [5.74, 6) is 0.808. The third-order valence-corrected chi connectivity index (χ3v) is 7.39. The van der Waals surface area contributed by atoms with Gasteiger partial charge in [-0.2, -0.15) is 0 Å². The van der Waals surface area contributed by atoms with Crippen LogP contribution < -0.4 is 14.2 Å². The second-order valence-electron chi connectivity index (χ2n) is 9.80. The molecule has 0 radical (unpaired) electrons. The summed E-state index contributed by atoms with van der Waals surface area (Å²) in [6.07, 6.45) is 4.96. The average Bonchev–Trinajstić information content (AvgIpc) is 3.39. The zero-order valence-corrected chi connectivity index (χ0v) is 21.1. The molecule has 2 fully saturated rings. The van der Waals surface area contributed by atoms with Crippen LogP contribution in [-0.4, -0.2) is 59.6 Å². The molecule has 0 unspecified atom stereocenters. The minimum Gasteiger partial charge on any atom is -0.504 e. The van der Waals surface area contributed by atoms with Crippen LogP contribution in [0.1, 0.15) is 62.2 Å². The van der Waals surface area contributed by atoms with Gasteiger partial charge in [0.2, 0.25) is 5.75 Å². The van der Waals surface area contributed by atoms with Crippen molar-refractivity contribution in [3.63, 3.8) is 0 Å². The number of hydrogen-bond acceptors (Lipinski definition) is 8. The highest BCUT2D eigenvalue weighted by Gasteiger charge is 2.39. The first-order chi connectivity index (χ1) is 17.4. The molecule has 0 aromatic heterocycles. The van der Waals surface area contributed by atoms with Crippen molar-refractivity contribution >= 4 is 0 Å². The van der Waals surface area contributed by atoms with Gasteiger partial charge in [0.1, 0.15) is 0 Å². The highest BCUT2D eigenvalue weighted by molar-refractivity contribution is 5.53. The minimum absolute atomic E-state index is 0.0407. The zero-order valence-electron chi connectivity index (χ0n) is 21.1. The van der Waals surface area contributed by atoms with E-state index >= 15 is 0 Å². The molecule has 1 saturated carbocycles. The van der Waals surface area contributed by atoms with Crippen molar-refractivity contribution in [1.29, 1.82) is 0 Å². The van der Waals surface area contributed by atoms with Crippen LogP contribution in [0.2, 0.25) is 0 Å². The fourth-order valence-corrected chi connectivity index (χ4v) is 5.42. The summed E-state index contributed by atoms with van der Waals surface area (Å²) >= 11 is 0. The molecule has 4 rings (SSSR count). The van der Waals surface area contributed by atoms with Gasteiger partial charge in [0.25, 0.3) is 0 Å². The van der Waals surface area contributed by atoms with Crippen molar-refractivity contribution in [1.82, 2.24) is 0 Å². The molecule has 4 atom stereocenters. The van der Waals surface area contributed by atoms with E-state index in [-0.39, 0.29) is 36.2 Å². The molecule has 2 aromatic carbocycles. The molecule has 0 spiro atoms. The van der Waals surface area contributed by atoms with Gasteiger partial charge >= 0.3 is 0 Å². The quantitative estimate of drug-likeness (QED) is 0.381. The Bertz CT molecular complexity index is 1000. The molecule has 0 amide bonds. The molecule has 1 aliphatic heterocycles. The van der Waals surface area contributed by atoms with Crippen LogP contribution in [0, 0.1) is 5.92 Å². The molecular weight excluding hydrogens is 464 g/mol. The van der Waals surface area contributed by atoms with Crippen LogP contribution in [0.15, 0.2) is 30.3 Å². The fraction of sp³-hybridized carbons (Fsp3) is 0.571. The Hall–Kier alpha value is -2.68. The van der Waals surface area contributed by atoms with E-state index in [0.717, 1.165) is 36.8 Å². The maximum Gasteiger partial charge on any atom is 0.200 e. The summed E-state index contributed by atoms with van der Waals surface area (Å²) in [7, 11) is 3.01. The maximum absolute atomic E-state index is 11.0. The number of methoxy groups -OCH3 is 2. The molecule has 1 aliphatic carbocycles. The summed E-state index contributed by atoms with van der Waals surface area (Å²) in [5, 5.41) is 41.3. The second-order valence-corrected chi connectivity index (χ2v) is 9.80. The molecule has 8 nitrogen and oxygen atoms in total. The van der Waals surface area contributed by atoms with Crippen molar-refractivity contribution in [2.24, 2.45) is 5.92 Å². The van der Waals surface area contributed by atoms with Crippen LogP contribution in [0.4, 0.5) is 0 Å². The Morgan fingerprint density at radius 3 is 2.36 bits per heavy atom. The first kappa shape index (κ1) is 26.4. The summed E-state index contributed by atoms with van der Waals surface area (Å²) in [6, 6.07) is 8.77. The average molecular weight is 503 g/mol. The van der Waals surface area contributed by atoms with E-state index in [1.807, 2.05) is 6.07 Å². The van der Waals surface area contributed by atoms with E-state index in [2.05, 4.69) is 0 Å². The monoisotopic (exact) mass is 502 g/mol. The molecule has 0 bridgehead atoms. The first-order valence-corrected chi connectivity index (χ1v) is 12.8. The maximum atomic E-state index is 11.0. The predicted octanol–water partition coefficient (Wildman–Crippen LogP) is 4.26. The Balaban J connectivity index is 1.56. The second kappa shape index (κ2) is 12.0. The number of aliphatic hydroxyl groups is 2. The third kappa shape index (κ3) is 5.99. The predicted molar refractivity (Wildman–Crippen MR) is 134 cm³/mol. The highest BCUT2D eigenvalue weighted by atomic mass is 16.5. The van der Waals surface area contributed by atoms with Crippen LogP contribution >= 0.6 is 0 Å². The molecule has 4 N–H and O–H groups in total. The summed E-state index contributed by atoms with van der Waals surface area (Å²) in [5.41, 5.74) is 1.74. The van der Waals surface area contributed by atoms with Gasteiger partial charge in [-0.25, -0.2) is 0 Å². The largest absolute Gasteiger partial charge is 0.504 e. The molecule has 1 heterocycles. The molecule has 36 heavy (non-hydrogen) atoms. The molecule has 1 saturated heterocycles. The van der Waals surface area contributed by atoms with E-state index in [1.54, 1.807) is 24.3 Å². The number of aliphatic hydroxyl groups excluding tert-OH is 2. The SMILES string of the molecule is COc1cc(CC[C@H]2C[C@H](O)[C@H](CCO)[C@@H](c3cc(OC)c(O)c(OC4CCCC4)c3)O2)ccc1O. The highest BCUT2D eigenvalue weighted by Crippen LogP contribution is 2.46. The number of aryl methyl sites for hydroxylation is 1. The zero-order chi connectivity index (χ0) is 25.7. The van der Waals surface area contributed by atoms with Crippen molar-refractivity contribution < 1.29 is 39.4 Å². The number of hydrogen-bond donors (Lipinski definition) is 4. The van der Waals surface area contributed by atoms with Crippen LogP contribution in [0.5, 0.6) is 28.7 Å². The lowest BCUT2D eigenvalue weighted by atomic mass is 9.82. The normalized spacial score (nSPS) is 24.6. The number of phenols is 2. The third-order valence-electron chi connectivity index (χ3n) is 7.39. The Labute approximate surface area is 212 Å². The van der Waals surface area contributed by atoms with Gasteiger partial charge in [0, 0.05) is 12.5 Å². The first-order valence-electron chi connectivity index (χ1n) is 12.8. The van der Waals surface area contributed by atoms with E-state index in [9.17, 15) is 20.4 Å². The number of ether oxygens (including phenoxy) is 4. The lowest BCUT2D eigenvalue weighted by Gasteiger charge is -2.40. The van der Waals surface area contributed by atoms with Gasteiger partial charge in [-0.05, 0) is 86.8 Å². The molecule has 2 aliphatic rings. The summed E-state index contributed by atoms with van der Waals surface area (Å²) in [4.78, 5) is 0. The Morgan fingerprint density at radius 1 is 0.944 bits per heavy atom. The standard InChI is InChI=1S/C28H38O8/c1-33-24-13-17(8-10-22(24)30)7-9-20-16-23(31)21(11-12-29)28(36-20)18-14-25(34-2)27(32)26(15-18)35-19-5-3-4-6-19/h8,10,13-15,19-21,23,28-32H,3-7,9,11-12,16H2,1-2H3/t20-,21-,23-,28+/m0/s1. The van der Waals surface area contributed by atoms with Gasteiger partial charge in [-0.1, -0.05) is 6.07 Å². The number of phenolic OH excluding ortho intramolecular Hbond substituents is 2. The van der Waals surface area contributed by atoms with Crippen molar-refractivity contribution in [3.8, 4) is 28.7 Å². The van der Waals surface area contributed by atoms with E-state index in [1.165, 1.54) is 14.2 Å². The Morgan fingerprint density at radius 2 is 1.67 bits per heavy atom. The van der Waals surface area contributed by atoms with Crippen molar-refractivity contribution in [2.45, 2.75) is 75.8 Å². The van der Waals surface area contributed by atoms with Crippen LogP contribution in [0.3, 0.4) is 0 Å². The van der Waals surface area contributed by atoms with E-state index < -0.39 is 12.2 Å². The molecular formula is C28H38O8. The van der Waals surface area contributed by atoms with Gasteiger partial charge in [-0.15, -0.1) is 0 Å². The number of rotatable bonds is 10.